The van der Waals surface area contributed by atoms with Crippen LogP contribution in [0.2, 0.25) is 0 Å². The molecule has 3 heteroatoms. The molecule has 0 aliphatic heterocycles. The van der Waals surface area contributed by atoms with Gasteiger partial charge in [-0.1, -0.05) is 6.07 Å². The number of aryl methyl sites for hydroxylation is 2. The quantitative estimate of drug-likeness (QED) is 0.825. The largest absolute Gasteiger partial charge is 0.382 e. The predicted octanol–water partition coefficient (Wildman–Crippen LogP) is 2.55. The van der Waals surface area contributed by atoms with Gasteiger partial charge in [-0.15, -0.1) is 0 Å². The van der Waals surface area contributed by atoms with E-state index in [1.807, 2.05) is 36.9 Å². The number of rotatable bonds is 2. The molecule has 2 rings (SSSR count). The lowest BCUT2D eigenvalue weighted by molar-refractivity contribution is 0.210. The molecule has 0 bridgehead atoms. The van der Waals surface area contributed by atoms with E-state index in [1.165, 1.54) is 12.1 Å². The van der Waals surface area contributed by atoms with Crippen molar-refractivity contribution in [2.24, 2.45) is 7.05 Å². The number of halogens is 1. The van der Waals surface area contributed by atoms with Crippen molar-refractivity contribution in [3.05, 3.63) is 59.2 Å². The number of hydrogen-bond acceptors (Lipinski definition) is 1. The van der Waals surface area contributed by atoms with Gasteiger partial charge in [0.15, 0.2) is 0 Å². The van der Waals surface area contributed by atoms with Gasteiger partial charge >= 0.3 is 0 Å². The minimum Gasteiger partial charge on any atom is -0.382 e. The molecule has 0 aliphatic carbocycles. The van der Waals surface area contributed by atoms with E-state index >= 15 is 0 Å². The molecule has 1 N–H and O–H groups in total. The second kappa shape index (κ2) is 4.10. The molecule has 0 unspecified atom stereocenters. The van der Waals surface area contributed by atoms with Crippen LogP contribution in [-0.2, 0) is 7.05 Å². The molecule has 0 spiro atoms. The summed E-state index contributed by atoms with van der Waals surface area (Å²) in [6, 6.07) is 8.14. The van der Waals surface area contributed by atoms with Gasteiger partial charge in [-0.25, -0.2) is 4.39 Å². The standard InChI is InChI=1S/C13H14FNO/c1-9-5-6-10(14)8-11(9)13(16)12-4-3-7-15(12)2/h3-8,13,16H,1-2H3/t13-/m1/s1. The highest BCUT2D eigenvalue weighted by molar-refractivity contribution is 5.33. The predicted molar refractivity (Wildman–Crippen MR) is 60.6 cm³/mol. The normalized spacial score (nSPS) is 12.8. The Bertz CT molecular complexity index is 504. The Hall–Kier alpha value is -1.61. The van der Waals surface area contributed by atoms with Gasteiger partial charge in [0.2, 0.25) is 0 Å². The smallest absolute Gasteiger partial charge is 0.123 e. The van der Waals surface area contributed by atoms with Gasteiger partial charge in [0.1, 0.15) is 11.9 Å². The number of aliphatic hydroxyl groups is 1. The summed E-state index contributed by atoms with van der Waals surface area (Å²) in [6.07, 6.45) is 1.07. The van der Waals surface area contributed by atoms with Crippen molar-refractivity contribution in [3.63, 3.8) is 0 Å². The molecule has 2 aromatic rings. The highest BCUT2D eigenvalue weighted by Crippen LogP contribution is 2.25. The molecule has 1 aromatic heterocycles. The third-order valence-corrected chi connectivity index (χ3v) is 2.80. The summed E-state index contributed by atoms with van der Waals surface area (Å²) in [4.78, 5) is 0. The Balaban J connectivity index is 2.45. The number of nitrogens with zero attached hydrogens (tertiary/aromatic N) is 1. The summed E-state index contributed by atoms with van der Waals surface area (Å²) < 4.78 is 15.0. The van der Waals surface area contributed by atoms with Gasteiger partial charge in [0.05, 0.1) is 5.69 Å². The van der Waals surface area contributed by atoms with Gasteiger partial charge in [-0.2, -0.15) is 0 Å². The van der Waals surface area contributed by atoms with Crippen molar-refractivity contribution in [3.8, 4) is 0 Å². The SMILES string of the molecule is Cc1ccc(F)cc1[C@@H](O)c1cccn1C. The van der Waals surface area contributed by atoms with Crippen LogP contribution in [0.3, 0.4) is 0 Å². The molecule has 84 valence electrons. The van der Waals surface area contributed by atoms with Crippen molar-refractivity contribution < 1.29 is 9.50 Å². The second-order valence-electron chi connectivity index (χ2n) is 3.95. The van der Waals surface area contributed by atoms with Crippen molar-refractivity contribution in [1.29, 1.82) is 0 Å². The molecular formula is C13H14FNO. The molecule has 16 heavy (non-hydrogen) atoms. The highest BCUT2D eigenvalue weighted by Gasteiger charge is 2.15. The monoisotopic (exact) mass is 219 g/mol. The van der Waals surface area contributed by atoms with E-state index in [1.54, 1.807) is 6.07 Å². The molecule has 0 saturated heterocycles. The first-order valence-electron chi connectivity index (χ1n) is 5.15. The fraction of sp³-hybridized carbons (Fsp3) is 0.231. The topological polar surface area (TPSA) is 25.2 Å². The Morgan fingerprint density at radius 3 is 2.69 bits per heavy atom. The van der Waals surface area contributed by atoms with Crippen LogP contribution in [-0.4, -0.2) is 9.67 Å². The summed E-state index contributed by atoms with van der Waals surface area (Å²) in [6.45, 7) is 1.86. The summed E-state index contributed by atoms with van der Waals surface area (Å²) in [7, 11) is 1.85. The van der Waals surface area contributed by atoms with Gasteiger partial charge in [-0.05, 0) is 42.3 Å². The molecule has 2 nitrogen and oxygen atoms in total. The average molecular weight is 219 g/mol. The maximum absolute atomic E-state index is 13.1. The Labute approximate surface area is 94.0 Å². The Kier molecular flexibility index (Phi) is 2.79. The summed E-state index contributed by atoms with van der Waals surface area (Å²) in [5.41, 5.74) is 2.26. The number of benzene rings is 1. The van der Waals surface area contributed by atoms with Crippen molar-refractivity contribution in [2.45, 2.75) is 13.0 Å². The van der Waals surface area contributed by atoms with Crippen LogP contribution in [0, 0.1) is 12.7 Å². The van der Waals surface area contributed by atoms with Crippen LogP contribution in [0.5, 0.6) is 0 Å². The second-order valence-corrected chi connectivity index (χ2v) is 3.95. The minimum atomic E-state index is -0.782. The fourth-order valence-corrected chi connectivity index (χ4v) is 1.82. The fourth-order valence-electron chi connectivity index (χ4n) is 1.82. The van der Waals surface area contributed by atoms with E-state index in [0.29, 0.717) is 5.56 Å². The lowest BCUT2D eigenvalue weighted by Gasteiger charge is -2.14. The van der Waals surface area contributed by atoms with Crippen LogP contribution >= 0.6 is 0 Å². The third-order valence-electron chi connectivity index (χ3n) is 2.80. The van der Waals surface area contributed by atoms with Crippen LogP contribution in [0.25, 0.3) is 0 Å². The highest BCUT2D eigenvalue weighted by atomic mass is 19.1. The van der Waals surface area contributed by atoms with E-state index in [0.717, 1.165) is 11.3 Å². The molecule has 1 heterocycles. The van der Waals surface area contributed by atoms with E-state index in [-0.39, 0.29) is 5.82 Å². The number of aliphatic hydroxyl groups excluding tert-OH is 1. The Morgan fingerprint density at radius 2 is 2.06 bits per heavy atom. The van der Waals surface area contributed by atoms with Crippen molar-refractivity contribution >= 4 is 0 Å². The van der Waals surface area contributed by atoms with E-state index in [9.17, 15) is 9.50 Å². The molecule has 0 saturated carbocycles. The molecule has 1 aromatic carbocycles. The third kappa shape index (κ3) is 1.86. The lowest BCUT2D eigenvalue weighted by Crippen LogP contribution is -2.07. The zero-order valence-corrected chi connectivity index (χ0v) is 9.31. The first kappa shape index (κ1) is 10.9. The minimum absolute atomic E-state index is 0.325. The summed E-state index contributed by atoms with van der Waals surface area (Å²) in [5.74, 6) is -0.325. The van der Waals surface area contributed by atoms with Gasteiger partial charge in [0.25, 0.3) is 0 Å². The van der Waals surface area contributed by atoms with Gasteiger partial charge in [0, 0.05) is 13.2 Å². The van der Waals surface area contributed by atoms with Crippen LogP contribution < -0.4 is 0 Å². The first-order valence-corrected chi connectivity index (χ1v) is 5.15. The zero-order chi connectivity index (χ0) is 11.7. The molecule has 0 fully saturated rings. The van der Waals surface area contributed by atoms with Crippen LogP contribution in [0.4, 0.5) is 4.39 Å². The molecule has 0 aliphatic rings. The number of hydrogen-bond donors (Lipinski definition) is 1. The van der Waals surface area contributed by atoms with Crippen molar-refractivity contribution in [1.82, 2.24) is 4.57 Å². The number of aromatic nitrogens is 1. The molecule has 0 radical (unpaired) electrons. The average Bonchev–Trinajstić information content (AvgIpc) is 2.67. The van der Waals surface area contributed by atoms with E-state index < -0.39 is 6.10 Å². The lowest BCUT2D eigenvalue weighted by atomic mass is 10.0. The van der Waals surface area contributed by atoms with Gasteiger partial charge < -0.3 is 9.67 Å². The molecular weight excluding hydrogens is 205 g/mol. The molecule has 0 amide bonds. The molecule has 1 atom stereocenters. The summed E-state index contributed by atoms with van der Waals surface area (Å²) in [5, 5.41) is 10.2. The van der Waals surface area contributed by atoms with Crippen LogP contribution in [0.15, 0.2) is 36.5 Å². The van der Waals surface area contributed by atoms with Crippen LogP contribution in [0.1, 0.15) is 22.9 Å². The van der Waals surface area contributed by atoms with E-state index in [4.69, 9.17) is 0 Å². The van der Waals surface area contributed by atoms with Crippen molar-refractivity contribution in [2.75, 3.05) is 0 Å². The van der Waals surface area contributed by atoms with E-state index in [2.05, 4.69) is 0 Å². The zero-order valence-electron chi connectivity index (χ0n) is 9.31. The summed E-state index contributed by atoms with van der Waals surface area (Å²) >= 11 is 0. The van der Waals surface area contributed by atoms with Gasteiger partial charge in [-0.3, -0.25) is 0 Å². The Morgan fingerprint density at radius 1 is 1.31 bits per heavy atom. The first-order chi connectivity index (χ1) is 7.59. The maximum Gasteiger partial charge on any atom is 0.123 e. The maximum atomic E-state index is 13.1.